The zero-order valence-electron chi connectivity index (χ0n) is 16.3. The maximum Gasteiger partial charge on any atom is 0.337 e. The summed E-state index contributed by atoms with van der Waals surface area (Å²) in [6.07, 6.45) is 0. The number of methoxy groups -OCH3 is 1. The molecule has 0 amide bonds. The molecule has 27 heavy (non-hydrogen) atoms. The summed E-state index contributed by atoms with van der Waals surface area (Å²) in [6.45, 7) is 5.85. The number of rotatable bonds is 7. The highest BCUT2D eigenvalue weighted by atomic mass is 16.5. The summed E-state index contributed by atoms with van der Waals surface area (Å²) in [6, 6.07) is 13.4. The lowest BCUT2D eigenvalue weighted by atomic mass is 10.1. The van der Waals surface area contributed by atoms with Gasteiger partial charge in [-0.25, -0.2) is 4.79 Å². The molecule has 2 N–H and O–H groups in total. The van der Waals surface area contributed by atoms with Gasteiger partial charge in [0.25, 0.3) is 0 Å². The summed E-state index contributed by atoms with van der Waals surface area (Å²) in [4.78, 5) is 15.7. The normalized spacial score (nSPS) is 11.0. The van der Waals surface area contributed by atoms with Crippen LogP contribution in [0.25, 0.3) is 0 Å². The van der Waals surface area contributed by atoms with Gasteiger partial charge in [0.05, 0.1) is 19.3 Å². The minimum absolute atomic E-state index is 0.338. The van der Waals surface area contributed by atoms with Gasteiger partial charge in [-0.1, -0.05) is 24.3 Å². The maximum atomic E-state index is 11.5. The summed E-state index contributed by atoms with van der Waals surface area (Å²) in [5, 5.41) is 6.56. The van der Waals surface area contributed by atoms with Crippen LogP contribution in [0.4, 0.5) is 0 Å². The zero-order chi connectivity index (χ0) is 19.6. The molecule has 2 rings (SSSR count). The number of guanidine groups is 1. The van der Waals surface area contributed by atoms with Crippen LogP contribution in [0, 0.1) is 6.92 Å². The van der Waals surface area contributed by atoms with Crippen LogP contribution in [0.1, 0.15) is 34.0 Å². The van der Waals surface area contributed by atoms with E-state index in [1.54, 1.807) is 19.2 Å². The van der Waals surface area contributed by atoms with Gasteiger partial charge in [0.1, 0.15) is 5.75 Å². The van der Waals surface area contributed by atoms with E-state index in [2.05, 4.69) is 27.8 Å². The van der Waals surface area contributed by atoms with Crippen LogP contribution in [-0.4, -0.2) is 32.7 Å². The minimum Gasteiger partial charge on any atom is -0.494 e. The number of hydrogen-bond acceptors (Lipinski definition) is 4. The molecule has 0 aliphatic carbocycles. The van der Waals surface area contributed by atoms with Crippen molar-refractivity contribution >= 4 is 11.9 Å². The lowest BCUT2D eigenvalue weighted by Crippen LogP contribution is -2.36. The van der Waals surface area contributed by atoms with Gasteiger partial charge in [0, 0.05) is 25.7 Å². The van der Waals surface area contributed by atoms with E-state index in [0.29, 0.717) is 31.2 Å². The van der Waals surface area contributed by atoms with E-state index in [-0.39, 0.29) is 5.97 Å². The molecule has 6 heteroatoms. The molecule has 6 nitrogen and oxygen atoms in total. The summed E-state index contributed by atoms with van der Waals surface area (Å²) in [5.74, 6) is 1.24. The van der Waals surface area contributed by atoms with Crippen molar-refractivity contribution < 1.29 is 14.3 Å². The number of hydrogen-bond donors (Lipinski definition) is 2. The Hall–Kier alpha value is -3.02. The average molecular weight is 369 g/mol. The number of nitrogens with zero attached hydrogens (tertiary/aromatic N) is 1. The summed E-state index contributed by atoms with van der Waals surface area (Å²) in [7, 11) is 3.10. The lowest BCUT2D eigenvalue weighted by Gasteiger charge is -2.15. The lowest BCUT2D eigenvalue weighted by molar-refractivity contribution is 0.0600. The Morgan fingerprint density at radius 1 is 1.07 bits per heavy atom. The summed E-state index contributed by atoms with van der Waals surface area (Å²) in [5.41, 5.74) is 3.82. The van der Waals surface area contributed by atoms with Crippen molar-refractivity contribution in [3.63, 3.8) is 0 Å². The van der Waals surface area contributed by atoms with Crippen molar-refractivity contribution in [2.75, 3.05) is 20.8 Å². The Labute approximate surface area is 160 Å². The van der Waals surface area contributed by atoms with Crippen molar-refractivity contribution in [1.29, 1.82) is 0 Å². The second kappa shape index (κ2) is 10.2. The number of carbonyl (C=O) groups excluding carboxylic acids is 1. The topological polar surface area (TPSA) is 72.0 Å². The van der Waals surface area contributed by atoms with E-state index in [1.807, 2.05) is 32.0 Å². The quantitative estimate of drug-likeness (QED) is 0.446. The predicted molar refractivity (Wildman–Crippen MR) is 107 cm³/mol. The van der Waals surface area contributed by atoms with Crippen molar-refractivity contribution in [3.8, 4) is 5.75 Å². The third-order valence-corrected chi connectivity index (χ3v) is 4.03. The molecule has 0 bridgehead atoms. The fourth-order valence-electron chi connectivity index (χ4n) is 2.56. The van der Waals surface area contributed by atoms with Gasteiger partial charge in [-0.2, -0.15) is 0 Å². The van der Waals surface area contributed by atoms with Gasteiger partial charge in [0.2, 0.25) is 0 Å². The number of aliphatic imine (C=N–C) groups is 1. The van der Waals surface area contributed by atoms with Crippen molar-refractivity contribution in [3.05, 3.63) is 64.7 Å². The van der Waals surface area contributed by atoms with Crippen LogP contribution < -0.4 is 15.4 Å². The molecule has 0 aliphatic heterocycles. The first-order valence-corrected chi connectivity index (χ1v) is 8.91. The molecule has 0 saturated heterocycles. The van der Waals surface area contributed by atoms with Crippen molar-refractivity contribution in [2.24, 2.45) is 4.99 Å². The summed E-state index contributed by atoms with van der Waals surface area (Å²) >= 11 is 0. The van der Waals surface area contributed by atoms with Gasteiger partial charge in [-0.15, -0.1) is 0 Å². The molecule has 0 heterocycles. The molecule has 0 fully saturated rings. The molecule has 0 spiro atoms. The Balaban J connectivity index is 1.92. The Bertz CT molecular complexity index is 786. The second-order valence-electron chi connectivity index (χ2n) is 6.01. The fourth-order valence-corrected chi connectivity index (χ4v) is 2.56. The van der Waals surface area contributed by atoms with Crippen LogP contribution in [0.3, 0.4) is 0 Å². The number of aryl methyl sites for hydroxylation is 1. The van der Waals surface area contributed by atoms with E-state index < -0.39 is 0 Å². The zero-order valence-corrected chi connectivity index (χ0v) is 16.3. The molecule has 2 aromatic carbocycles. The highest BCUT2D eigenvalue weighted by molar-refractivity contribution is 5.89. The first-order valence-electron chi connectivity index (χ1n) is 8.91. The first-order chi connectivity index (χ1) is 13.1. The molecule has 0 unspecified atom stereocenters. The van der Waals surface area contributed by atoms with Crippen LogP contribution in [0.15, 0.2) is 47.5 Å². The van der Waals surface area contributed by atoms with Crippen LogP contribution >= 0.6 is 0 Å². The van der Waals surface area contributed by atoms with Crippen molar-refractivity contribution in [2.45, 2.75) is 26.9 Å². The largest absolute Gasteiger partial charge is 0.494 e. The average Bonchev–Trinajstić information content (AvgIpc) is 2.69. The number of esters is 1. The van der Waals surface area contributed by atoms with Gasteiger partial charge >= 0.3 is 5.97 Å². The molecule has 0 aromatic heterocycles. The van der Waals surface area contributed by atoms with E-state index in [1.165, 1.54) is 12.7 Å². The minimum atomic E-state index is -0.338. The molecule has 0 aliphatic rings. The molecule has 0 radical (unpaired) electrons. The number of ether oxygens (including phenoxy) is 2. The molecule has 144 valence electrons. The van der Waals surface area contributed by atoms with E-state index >= 15 is 0 Å². The molecular weight excluding hydrogens is 342 g/mol. The van der Waals surface area contributed by atoms with E-state index in [9.17, 15) is 4.79 Å². The molecule has 2 aromatic rings. The van der Waals surface area contributed by atoms with Crippen LogP contribution in [0.5, 0.6) is 5.75 Å². The van der Waals surface area contributed by atoms with Gasteiger partial charge in [0.15, 0.2) is 5.96 Å². The molecule has 0 atom stereocenters. The standard InChI is InChI=1S/C21H27N3O3/c1-5-27-19-12-15(2)6-9-18(19)14-24-21(22-3)23-13-16-7-10-17(11-8-16)20(25)26-4/h6-12H,5,13-14H2,1-4H3,(H2,22,23,24). The third kappa shape index (κ3) is 6.02. The third-order valence-electron chi connectivity index (χ3n) is 4.03. The Kier molecular flexibility index (Phi) is 7.67. The SMILES string of the molecule is CCOc1cc(C)ccc1CNC(=NC)NCc1ccc(C(=O)OC)cc1. The second-order valence-corrected chi connectivity index (χ2v) is 6.01. The monoisotopic (exact) mass is 369 g/mol. The van der Waals surface area contributed by atoms with Gasteiger partial charge in [-0.05, 0) is 43.2 Å². The smallest absolute Gasteiger partial charge is 0.337 e. The summed E-state index contributed by atoms with van der Waals surface area (Å²) < 4.78 is 10.4. The van der Waals surface area contributed by atoms with Crippen LogP contribution in [-0.2, 0) is 17.8 Å². The van der Waals surface area contributed by atoms with Crippen LogP contribution in [0.2, 0.25) is 0 Å². The first kappa shape index (κ1) is 20.3. The molecular formula is C21H27N3O3. The van der Waals surface area contributed by atoms with Gasteiger partial charge in [-0.3, -0.25) is 4.99 Å². The number of benzene rings is 2. The Morgan fingerprint density at radius 2 is 1.78 bits per heavy atom. The van der Waals surface area contributed by atoms with E-state index in [4.69, 9.17) is 9.47 Å². The predicted octanol–water partition coefficient (Wildman–Crippen LogP) is 3.05. The van der Waals surface area contributed by atoms with E-state index in [0.717, 1.165) is 16.9 Å². The fraction of sp³-hybridized carbons (Fsp3) is 0.333. The highest BCUT2D eigenvalue weighted by Gasteiger charge is 2.07. The Morgan fingerprint density at radius 3 is 2.41 bits per heavy atom. The number of carbonyl (C=O) groups is 1. The van der Waals surface area contributed by atoms with Crippen molar-refractivity contribution in [1.82, 2.24) is 10.6 Å². The number of nitrogens with one attached hydrogen (secondary N) is 2. The molecule has 0 saturated carbocycles. The maximum absolute atomic E-state index is 11.5. The van der Waals surface area contributed by atoms with Gasteiger partial charge < -0.3 is 20.1 Å². The highest BCUT2D eigenvalue weighted by Crippen LogP contribution is 2.20.